The number of benzene rings is 1. The van der Waals surface area contributed by atoms with E-state index in [1.165, 1.54) is 12.1 Å². The van der Waals surface area contributed by atoms with E-state index in [4.69, 9.17) is 15.6 Å². The number of nitrogens with one attached hydrogen (secondary N) is 1. The highest BCUT2D eigenvalue weighted by molar-refractivity contribution is 9.10. The predicted molar refractivity (Wildman–Crippen MR) is 64.3 cm³/mol. The first-order valence-corrected chi connectivity index (χ1v) is 5.45. The molecule has 0 bridgehead atoms. The average Bonchev–Trinajstić information content (AvgIpc) is 2.25. The van der Waals surface area contributed by atoms with Crippen molar-refractivity contribution >= 4 is 33.8 Å². The highest BCUT2D eigenvalue weighted by atomic mass is 79.9. The van der Waals surface area contributed by atoms with Crippen LogP contribution in [0.5, 0.6) is 5.75 Å². The van der Waals surface area contributed by atoms with Crippen molar-refractivity contribution in [3.63, 3.8) is 0 Å². The molecule has 8 heteroatoms. The minimum absolute atomic E-state index is 0.00428. The molecule has 0 saturated heterocycles. The van der Waals surface area contributed by atoms with Gasteiger partial charge in [0.2, 0.25) is 0 Å². The second-order valence-electron chi connectivity index (χ2n) is 3.12. The van der Waals surface area contributed by atoms with Gasteiger partial charge in [-0.1, -0.05) is 6.07 Å². The molecule has 3 amide bonds. The number of nitrogens with two attached hydrogens (primary N) is 1. The maximum atomic E-state index is 11.1. The van der Waals surface area contributed by atoms with E-state index in [1.54, 1.807) is 11.4 Å². The molecule has 1 rings (SSSR count). The Hall–Kier alpha value is -2.09. The number of rotatable bonds is 4. The van der Waals surface area contributed by atoms with Crippen molar-refractivity contribution in [2.75, 3.05) is 6.61 Å². The smallest absolute Gasteiger partial charge is 0.339 e. The van der Waals surface area contributed by atoms with E-state index < -0.39 is 24.5 Å². The van der Waals surface area contributed by atoms with E-state index >= 15 is 0 Å². The van der Waals surface area contributed by atoms with Gasteiger partial charge in [0.25, 0.3) is 5.91 Å². The van der Waals surface area contributed by atoms with Crippen LogP contribution in [-0.2, 0) is 4.79 Å². The Kier molecular flexibility index (Phi) is 4.67. The third kappa shape index (κ3) is 3.74. The van der Waals surface area contributed by atoms with E-state index in [0.29, 0.717) is 4.47 Å². The molecule has 0 spiro atoms. The number of carboxylic acid groups (broad SMARTS) is 1. The van der Waals surface area contributed by atoms with Gasteiger partial charge in [-0.25, -0.2) is 9.59 Å². The van der Waals surface area contributed by atoms with Gasteiger partial charge in [0.15, 0.2) is 6.61 Å². The number of para-hydroxylation sites is 1. The number of carbonyl (C=O) groups is 3. The van der Waals surface area contributed by atoms with Crippen molar-refractivity contribution in [1.29, 1.82) is 0 Å². The third-order valence-electron chi connectivity index (χ3n) is 1.81. The molecule has 4 N–H and O–H groups in total. The molecular weight excluding hydrogens is 308 g/mol. The summed E-state index contributed by atoms with van der Waals surface area (Å²) in [4.78, 5) is 32.4. The fourth-order valence-electron chi connectivity index (χ4n) is 1.14. The molecule has 0 aliphatic heterocycles. The molecule has 18 heavy (non-hydrogen) atoms. The first-order valence-electron chi connectivity index (χ1n) is 4.65. The van der Waals surface area contributed by atoms with Crippen LogP contribution in [0.4, 0.5) is 4.79 Å². The van der Waals surface area contributed by atoms with Gasteiger partial charge in [0, 0.05) is 0 Å². The second-order valence-corrected chi connectivity index (χ2v) is 3.98. The number of imide groups is 1. The number of ether oxygens (including phenoxy) is 1. The zero-order chi connectivity index (χ0) is 13.7. The zero-order valence-electron chi connectivity index (χ0n) is 8.97. The molecular formula is C10H9BrN2O5. The molecule has 1 aromatic rings. The number of urea groups is 1. The highest BCUT2D eigenvalue weighted by Crippen LogP contribution is 2.28. The zero-order valence-corrected chi connectivity index (χ0v) is 10.6. The first kappa shape index (κ1) is 14.0. The Bertz CT molecular complexity index is 503. The Morgan fingerprint density at radius 3 is 2.61 bits per heavy atom. The van der Waals surface area contributed by atoms with Gasteiger partial charge in [-0.05, 0) is 28.1 Å². The standard InChI is InChI=1S/C10H9BrN2O5/c11-6-3-1-2-5(9(15)16)8(6)18-4-7(14)13-10(12)17/h1-3H,4H2,(H,15,16)(H3,12,13,14,17). The number of primary amides is 1. The minimum atomic E-state index is -1.19. The van der Waals surface area contributed by atoms with Gasteiger partial charge in [-0.3, -0.25) is 10.1 Å². The molecule has 0 saturated carbocycles. The third-order valence-corrected chi connectivity index (χ3v) is 2.43. The van der Waals surface area contributed by atoms with Crippen molar-refractivity contribution in [2.45, 2.75) is 0 Å². The minimum Gasteiger partial charge on any atom is -0.482 e. The summed E-state index contributed by atoms with van der Waals surface area (Å²) in [5.74, 6) is -1.96. The van der Waals surface area contributed by atoms with Crippen molar-refractivity contribution in [3.8, 4) is 5.75 Å². The Labute approximate surface area is 110 Å². The maximum absolute atomic E-state index is 11.1. The number of aromatic carboxylic acids is 1. The lowest BCUT2D eigenvalue weighted by Crippen LogP contribution is -2.38. The van der Waals surface area contributed by atoms with Gasteiger partial charge in [-0.15, -0.1) is 0 Å². The van der Waals surface area contributed by atoms with E-state index in [0.717, 1.165) is 0 Å². The SMILES string of the molecule is NC(=O)NC(=O)COc1c(Br)cccc1C(=O)O. The van der Waals surface area contributed by atoms with E-state index in [2.05, 4.69) is 15.9 Å². The number of hydrogen-bond donors (Lipinski definition) is 3. The van der Waals surface area contributed by atoms with Gasteiger partial charge in [0.05, 0.1) is 4.47 Å². The van der Waals surface area contributed by atoms with Crippen molar-refractivity contribution in [2.24, 2.45) is 5.73 Å². The molecule has 0 aliphatic rings. The fraction of sp³-hybridized carbons (Fsp3) is 0.100. The lowest BCUT2D eigenvalue weighted by Gasteiger charge is -2.10. The van der Waals surface area contributed by atoms with Gasteiger partial charge >= 0.3 is 12.0 Å². The monoisotopic (exact) mass is 316 g/mol. The summed E-state index contributed by atoms with van der Waals surface area (Å²) in [6, 6.07) is 3.40. The van der Waals surface area contributed by atoms with Crippen LogP contribution < -0.4 is 15.8 Å². The van der Waals surface area contributed by atoms with Crippen LogP contribution in [0.1, 0.15) is 10.4 Å². The van der Waals surface area contributed by atoms with Crippen LogP contribution in [-0.4, -0.2) is 29.6 Å². The molecule has 0 unspecified atom stereocenters. The Morgan fingerprint density at radius 1 is 1.39 bits per heavy atom. The number of hydrogen-bond acceptors (Lipinski definition) is 4. The number of carboxylic acids is 1. The number of amides is 3. The van der Waals surface area contributed by atoms with Crippen LogP contribution in [0.3, 0.4) is 0 Å². The predicted octanol–water partition coefficient (Wildman–Crippen LogP) is 0.721. The largest absolute Gasteiger partial charge is 0.482 e. The number of halogens is 1. The summed E-state index contributed by atoms with van der Waals surface area (Å²) in [5.41, 5.74) is 4.64. The summed E-state index contributed by atoms with van der Waals surface area (Å²) in [5, 5.41) is 10.7. The Balaban J connectivity index is 2.81. The second kappa shape index (κ2) is 6.01. The van der Waals surface area contributed by atoms with Crippen LogP contribution in [0.2, 0.25) is 0 Å². The topological polar surface area (TPSA) is 119 Å². The van der Waals surface area contributed by atoms with E-state index in [1.807, 2.05) is 0 Å². The van der Waals surface area contributed by atoms with Gasteiger partial charge < -0.3 is 15.6 Å². The summed E-state index contributed by atoms with van der Waals surface area (Å²) < 4.78 is 5.43. The summed E-state index contributed by atoms with van der Waals surface area (Å²) in [7, 11) is 0. The summed E-state index contributed by atoms with van der Waals surface area (Å²) in [6.45, 7) is -0.522. The van der Waals surface area contributed by atoms with Gasteiger partial charge in [0.1, 0.15) is 11.3 Å². The molecule has 0 aliphatic carbocycles. The first-order chi connectivity index (χ1) is 8.41. The molecule has 0 fully saturated rings. The molecule has 0 aromatic heterocycles. The van der Waals surface area contributed by atoms with Gasteiger partial charge in [-0.2, -0.15) is 0 Å². The summed E-state index contributed by atoms with van der Waals surface area (Å²) >= 11 is 3.10. The normalized spacial score (nSPS) is 9.61. The molecule has 0 atom stereocenters. The van der Waals surface area contributed by atoms with Crippen LogP contribution in [0.15, 0.2) is 22.7 Å². The van der Waals surface area contributed by atoms with Crippen molar-refractivity contribution in [3.05, 3.63) is 28.2 Å². The van der Waals surface area contributed by atoms with E-state index in [9.17, 15) is 14.4 Å². The Morgan fingerprint density at radius 2 is 2.06 bits per heavy atom. The fourth-order valence-corrected chi connectivity index (χ4v) is 1.62. The van der Waals surface area contributed by atoms with Crippen LogP contribution >= 0.6 is 15.9 Å². The molecule has 0 radical (unpaired) electrons. The van der Waals surface area contributed by atoms with Crippen LogP contribution in [0, 0.1) is 0 Å². The highest BCUT2D eigenvalue weighted by Gasteiger charge is 2.15. The lowest BCUT2D eigenvalue weighted by atomic mass is 10.2. The molecule has 7 nitrogen and oxygen atoms in total. The van der Waals surface area contributed by atoms with Crippen molar-refractivity contribution < 1.29 is 24.2 Å². The van der Waals surface area contributed by atoms with E-state index in [-0.39, 0.29) is 11.3 Å². The average molecular weight is 317 g/mol. The molecule has 96 valence electrons. The quantitative estimate of drug-likeness (QED) is 0.756. The number of carbonyl (C=O) groups excluding carboxylic acids is 2. The summed E-state index contributed by atoms with van der Waals surface area (Å²) in [6.07, 6.45) is 0. The lowest BCUT2D eigenvalue weighted by molar-refractivity contribution is -0.121. The molecule has 0 heterocycles. The van der Waals surface area contributed by atoms with Crippen LogP contribution in [0.25, 0.3) is 0 Å². The molecule has 1 aromatic carbocycles. The van der Waals surface area contributed by atoms with Crippen molar-refractivity contribution in [1.82, 2.24) is 5.32 Å². The maximum Gasteiger partial charge on any atom is 0.339 e.